The molecule has 1 fully saturated rings. The lowest BCUT2D eigenvalue weighted by atomic mass is 10.1. The largest absolute Gasteiger partial charge is 0.457 e. The van der Waals surface area contributed by atoms with Crippen molar-refractivity contribution in [1.82, 2.24) is 10.6 Å². The number of nitrogens with one attached hydrogen (secondary N) is 2. The number of benzene rings is 2. The minimum Gasteiger partial charge on any atom is -0.457 e. The number of nitrogens with zero attached hydrogens (tertiary/aromatic N) is 1. The second-order valence-electron chi connectivity index (χ2n) is 7.69. The topological polar surface area (TPSA) is 106 Å². The van der Waals surface area contributed by atoms with E-state index in [1.165, 1.54) is 36.7 Å². The number of nitrogens with two attached hydrogens (primary N) is 1. The van der Waals surface area contributed by atoms with Gasteiger partial charge in [-0.15, -0.1) is 0 Å². The molecule has 0 saturated heterocycles. The zero-order chi connectivity index (χ0) is 25.6. The molecule has 2 amide bonds. The Morgan fingerprint density at radius 3 is 2.46 bits per heavy atom. The van der Waals surface area contributed by atoms with Gasteiger partial charge in [0.15, 0.2) is 0 Å². The molecule has 0 aromatic heterocycles. The van der Waals surface area contributed by atoms with Crippen molar-refractivity contribution in [3.63, 3.8) is 0 Å². The molecule has 0 atom stereocenters. The van der Waals surface area contributed by atoms with E-state index in [0.717, 1.165) is 12.3 Å². The molecular formula is C24H22BrF3N4O3. The average Bonchev–Trinajstić information content (AvgIpc) is 3.60. The Bertz CT molecular complexity index is 1170. The van der Waals surface area contributed by atoms with Crippen LogP contribution in [0.5, 0.6) is 11.5 Å². The third-order valence-corrected chi connectivity index (χ3v) is 5.64. The molecule has 0 aliphatic heterocycles. The summed E-state index contributed by atoms with van der Waals surface area (Å²) >= 11 is 3.03. The standard InChI is InChI=1S/C24H22BrF3N4O3/c1-2-30-14-16(12-29)21(33)32-23(9-10-23)22(34)31-13-15-3-6-18(7-4-15)35-20-8-5-17(25)11-19(20)24(26,27)28/h2-8,11-12,14H,1,9-10,13,29H2,(H,31,34)(H,32,33)/b16-12+,30-14?. The van der Waals surface area contributed by atoms with Gasteiger partial charge in [0, 0.05) is 29.6 Å². The molecule has 2 aromatic rings. The third-order valence-electron chi connectivity index (χ3n) is 5.15. The van der Waals surface area contributed by atoms with E-state index in [0.29, 0.717) is 18.4 Å². The van der Waals surface area contributed by atoms with Gasteiger partial charge in [-0.2, -0.15) is 13.2 Å². The van der Waals surface area contributed by atoms with Gasteiger partial charge < -0.3 is 21.1 Å². The highest BCUT2D eigenvalue weighted by Gasteiger charge is 2.51. The van der Waals surface area contributed by atoms with Crippen LogP contribution in [0.25, 0.3) is 0 Å². The van der Waals surface area contributed by atoms with Crippen molar-refractivity contribution in [3.05, 3.63) is 82.6 Å². The van der Waals surface area contributed by atoms with Crippen molar-refractivity contribution in [3.8, 4) is 11.5 Å². The Balaban J connectivity index is 1.59. The van der Waals surface area contributed by atoms with Crippen LogP contribution < -0.4 is 21.1 Å². The van der Waals surface area contributed by atoms with Crippen LogP contribution in [0.15, 0.2) is 76.5 Å². The molecule has 1 aliphatic rings. The average molecular weight is 551 g/mol. The van der Waals surface area contributed by atoms with Crippen molar-refractivity contribution < 1.29 is 27.5 Å². The number of carbonyl (C=O) groups excluding carboxylic acids is 2. The molecule has 11 heteroatoms. The van der Waals surface area contributed by atoms with Gasteiger partial charge in [-0.25, -0.2) is 0 Å². The summed E-state index contributed by atoms with van der Waals surface area (Å²) in [5.41, 5.74) is 4.31. The van der Waals surface area contributed by atoms with Crippen molar-refractivity contribution in [2.45, 2.75) is 31.1 Å². The molecule has 0 unspecified atom stereocenters. The molecule has 184 valence electrons. The van der Waals surface area contributed by atoms with E-state index in [2.05, 4.69) is 38.1 Å². The summed E-state index contributed by atoms with van der Waals surface area (Å²) < 4.78 is 45.6. The van der Waals surface area contributed by atoms with Gasteiger partial charge >= 0.3 is 6.18 Å². The first-order chi connectivity index (χ1) is 16.6. The lowest BCUT2D eigenvalue weighted by molar-refractivity contribution is -0.138. The predicted octanol–water partition coefficient (Wildman–Crippen LogP) is 4.58. The van der Waals surface area contributed by atoms with Crippen molar-refractivity contribution in [1.29, 1.82) is 0 Å². The second-order valence-corrected chi connectivity index (χ2v) is 8.60. The van der Waals surface area contributed by atoms with E-state index in [1.807, 2.05) is 0 Å². The lowest BCUT2D eigenvalue weighted by Gasteiger charge is -2.17. The fourth-order valence-corrected chi connectivity index (χ4v) is 3.46. The Labute approximate surface area is 208 Å². The number of ether oxygens (including phenoxy) is 1. The molecule has 35 heavy (non-hydrogen) atoms. The van der Waals surface area contributed by atoms with Gasteiger partial charge in [0.25, 0.3) is 5.91 Å². The van der Waals surface area contributed by atoms with Crippen molar-refractivity contribution in [2.24, 2.45) is 10.7 Å². The molecule has 2 aromatic carbocycles. The summed E-state index contributed by atoms with van der Waals surface area (Å²) in [6.45, 7) is 3.57. The molecule has 1 saturated carbocycles. The quantitative estimate of drug-likeness (QED) is 0.314. The van der Waals surface area contributed by atoms with Crippen molar-refractivity contribution in [2.75, 3.05) is 0 Å². The summed E-state index contributed by atoms with van der Waals surface area (Å²) in [6.07, 6.45) is -0.0413. The summed E-state index contributed by atoms with van der Waals surface area (Å²) in [5, 5.41) is 5.44. The summed E-state index contributed by atoms with van der Waals surface area (Å²) in [7, 11) is 0. The fraction of sp³-hybridized carbons (Fsp3) is 0.208. The Kier molecular flexibility index (Phi) is 8.00. The van der Waals surface area contributed by atoms with Crippen LogP contribution in [-0.2, 0) is 22.3 Å². The number of hydrogen-bond acceptors (Lipinski definition) is 5. The van der Waals surface area contributed by atoms with Crippen LogP contribution in [0, 0.1) is 0 Å². The molecule has 0 spiro atoms. The highest BCUT2D eigenvalue weighted by atomic mass is 79.9. The molecule has 3 rings (SSSR count). The summed E-state index contributed by atoms with van der Waals surface area (Å²) in [6, 6.07) is 9.91. The van der Waals surface area contributed by atoms with E-state index in [4.69, 9.17) is 10.5 Å². The van der Waals surface area contributed by atoms with E-state index in [-0.39, 0.29) is 34.0 Å². The van der Waals surface area contributed by atoms with Crippen LogP contribution in [0.3, 0.4) is 0 Å². The van der Waals surface area contributed by atoms with Crippen molar-refractivity contribution >= 4 is 34.0 Å². The van der Waals surface area contributed by atoms with E-state index >= 15 is 0 Å². The second kappa shape index (κ2) is 10.8. The number of amides is 2. The third kappa shape index (κ3) is 6.72. The smallest absolute Gasteiger partial charge is 0.420 e. The number of aliphatic imine (C=N–C) groups is 1. The van der Waals surface area contributed by atoms with Crippen LogP contribution in [0.4, 0.5) is 13.2 Å². The summed E-state index contributed by atoms with van der Waals surface area (Å²) in [4.78, 5) is 28.8. The van der Waals surface area contributed by atoms with Crippen LogP contribution >= 0.6 is 15.9 Å². The number of hydrogen-bond donors (Lipinski definition) is 3. The Hall–Kier alpha value is -3.60. The fourth-order valence-electron chi connectivity index (χ4n) is 3.10. The Morgan fingerprint density at radius 1 is 1.20 bits per heavy atom. The first-order valence-electron chi connectivity index (χ1n) is 10.4. The molecular weight excluding hydrogens is 529 g/mol. The first kappa shape index (κ1) is 26.0. The zero-order valence-electron chi connectivity index (χ0n) is 18.4. The number of carbonyl (C=O) groups is 2. The maximum Gasteiger partial charge on any atom is 0.420 e. The van der Waals surface area contributed by atoms with Gasteiger partial charge in [-0.05, 0) is 48.7 Å². The molecule has 0 heterocycles. The minimum atomic E-state index is -4.57. The lowest BCUT2D eigenvalue weighted by Crippen LogP contribution is -2.49. The minimum absolute atomic E-state index is 0.0963. The van der Waals surface area contributed by atoms with Crippen LogP contribution in [-0.4, -0.2) is 23.6 Å². The molecule has 0 bridgehead atoms. The highest BCUT2D eigenvalue weighted by molar-refractivity contribution is 9.10. The van der Waals surface area contributed by atoms with Gasteiger partial charge in [0.05, 0.1) is 11.1 Å². The molecule has 4 N–H and O–H groups in total. The number of rotatable bonds is 9. The van der Waals surface area contributed by atoms with Crippen LogP contribution in [0.2, 0.25) is 0 Å². The SMILES string of the molecule is C=CN=C/C(=C\N)C(=O)NC1(C(=O)NCc2ccc(Oc3ccc(Br)cc3C(F)(F)F)cc2)CC1. The molecule has 7 nitrogen and oxygen atoms in total. The van der Waals surface area contributed by atoms with Gasteiger partial charge in [0.2, 0.25) is 5.91 Å². The van der Waals surface area contributed by atoms with E-state index in [1.54, 1.807) is 12.1 Å². The zero-order valence-corrected chi connectivity index (χ0v) is 19.9. The molecule has 1 aliphatic carbocycles. The normalized spacial score (nSPS) is 14.9. The maximum atomic E-state index is 13.3. The van der Waals surface area contributed by atoms with Crippen LogP contribution in [0.1, 0.15) is 24.0 Å². The van der Waals surface area contributed by atoms with Gasteiger partial charge in [-0.1, -0.05) is 34.6 Å². The van der Waals surface area contributed by atoms with E-state index in [9.17, 15) is 22.8 Å². The molecule has 0 radical (unpaired) electrons. The van der Waals surface area contributed by atoms with Gasteiger partial charge in [-0.3, -0.25) is 14.6 Å². The first-order valence-corrected chi connectivity index (χ1v) is 11.2. The number of alkyl halides is 3. The summed E-state index contributed by atoms with van der Waals surface area (Å²) in [5.74, 6) is -0.996. The predicted molar refractivity (Wildman–Crippen MR) is 129 cm³/mol. The Morgan fingerprint density at radius 2 is 1.89 bits per heavy atom. The monoisotopic (exact) mass is 550 g/mol. The highest BCUT2D eigenvalue weighted by Crippen LogP contribution is 2.39. The van der Waals surface area contributed by atoms with E-state index < -0.39 is 23.2 Å². The van der Waals surface area contributed by atoms with Gasteiger partial charge in [0.1, 0.15) is 17.0 Å². The number of halogens is 4. The maximum absolute atomic E-state index is 13.3.